The van der Waals surface area contributed by atoms with Gasteiger partial charge in [-0.25, -0.2) is 0 Å². The van der Waals surface area contributed by atoms with Crippen LogP contribution in [0.1, 0.15) is 39.0 Å². The van der Waals surface area contributed by atoms with Gasteiger partial charge in [-0.1, -0.05) is 39.3 Å². The van der Waals surface area contributed by atoms with Crippen molar-refractivity contribution in [1.82, 2.24) is 10.2 Å². The Morgan fingerprint density at radius 3 is 2.48 bits per heavy atom. The van der Waals surface area contributed by atoms with Crippen molar-refractivity contribution in [2.24, 2.45) is 5.41 Å². The lowest BCUT2D eigenvalue weighted by molar-refractivity contribution is -0.153. The van der Waals surface area contributed by atoms with Gasteiger partial charge < -0.3 is 10.2 Å². The molecule has 2 amide bonds. The summed E-state index contributed by atoms with van der Waals surface area (Å²) < 4.78 is 0.694. The van der Waals surface area contributed by atoms with Crippen molar-refractivity contribution in [3.8, 4) is 0 Å². The Morgan fingerprint density at radius 1 is 1.33 bits per heavy atom. The van der Waals surface area contributed by atoms with Crippen molar-refractivity contribution in [2.75, 3.05) is 0 Å². The van der Waals surface area contributed by atoms with Gasteiger partial charge in [0, 0.05) is 4.88 Å². The fourth-order valence-corrected chi connectivity index (χ4v) is 3.63. The van der Waals surface area contributed by atoms with Gasteiger partial charge in [-0.05, 0) is 24.0 Å². The van der Waals surface area contributed by atoms with Crippen molar-refractivity contribution in [1.29, 1.82) is 0 Å². The molecule has 2 heterocycles. The molecule has 1 aliphatic heterocycles. The van der Waals surface area contributed by atoms with Crippen LogP contribution in [0.2, 0.25) is 4.34 Å². The number of rotatable bonds is 3. The highest BCUT2D eigenvalue weighted by molar-refractivity contribution is 7.16. The van der Waals surface area contributed by atoms with Gasteiger partial charge in [-0.15, -0.1) is 11.3 Å². The van der Waals surface area contributed by atoms with Crippen LogP contribution in [0.3, 0.4) is 0 Å². The molecule has 0 radical (unpaired) electrons. The smallest absolute Gasteiger partial charge is 0.246 e. The van der Waals surface area contributed by atoms with Crippen LogP contribution in [0, 0.1) is 5.41 Å². The SMILES string of the molecule is CCC1C(=O)NC(C(C)(C)C)C(=O)N1Cc1ccc(Cl)s1. The third-order valence-electron chi connectivity index (χ3n) is 3.70. The van der Waals surface area contributed by atoms with Gasteiger partial charge in [-0.2, -0.15) is 0 Å². The van der Waals surface area contributed by atoms with Crippen molar-refractivity contribution < 1.29 is 9.59 Å². The van der Waals surface area contributed by atoms with E-state index in [2.05, 4.69) is 5.32 Å². The first-order valence-electron chi connectivity index (χ1n) is 7.09. The summed E-state index contributed by atoms with van der Waals surface area (Å²) in [5.74, 6) is -0.0850. The zero-order valence-electron chi connectivity index (χ0n) is 12.8. The van der Waals surface area contributed by atoms with Crippen LogP contribution in [-0.4, -0.2) is 28.8 Å². The van der Waals surface area contributed by atoms with E-state index in [0.717, 1.165) is 4.88 Å². The summed E-state index contributed by atoms with van der Waals surface area (Å²) in [5.41, 5.74) is -0.309. The summed E-state index contributed by atoms with van der Waals surface area (Å²) in [4.78, 5) is 27.8. The summed E-state index contributed by atoms with van der Waals surface area (Å²) in [5, 5.41) is 2.88. The summed E-state index contributed by atoms with van der Waals surface area (Å²) in [6.07, 6.45) is 0.605. The number of carbonyl (C=O) groups is 2. The van der Waals surface area contributed by atoms with Crippen molar-refractivity contribution in [2.45, 2.75) is 52.7 Å². The number of piperazine rings is 1. The maximum atomic E-state index is 12.8. The molecule has 1 aromatic heterocycles. The van der Waals surface area contributed by atoms with Gasteiger partial charge in [-0.3, -0.25) is 9.59 Å². The van der Waals surface area contributed by atoms with Crippen molar-refractivity contribution in [3.63, 3.8) is 0 Å². The maximum Gasteiger partial charge on any atom is 0.246 e. The minimum Gasteiger partial charge on any atom is -0.342 e. The van der Waals surface area contributed by atoms with Crippen LogP contribution >= 0.6 is 22.9 Å². The Balaban J connectivity index is 2.28. The third kappa shape index (κ3) is 3.40. The molecular weight excluding hydrogens is 308 g/mol. The molecule has 2 atom stereocenters. The average molecular weight is 329 g/mol. The van der Waals surface area contributed by atoms with Gasteiger partial charge in [0.05, 0.1) is 10.9 Å². The first-order chi connectivity index (χ1) is 9.74. The molecule has 1 aliphatic rings. The summed E-state index contributed by atoms with van der Waals surface area (Å²) in [6.45, 7) is 8.24. The lowest BCUT2D eigenvalue weighted by Gasteiger charge is -2.43. The fraction of sp³-hybridized carbons (Fsp3) is 0.600. The first-order valence-corrected chi connectivity index (χ1v) is 8.28. The number of nitrogens with one attached hydrogen (secondary N) is 1. The van der Waals surface area contributed by atoms with E-state index < -0.39 is 12.1 Å². The number of carbonyl (C=O) groups excluding carboxylic acids is 2. The molecular formula is C15H21ClN2O2S. The molecule has 2 unspecified atom stereocenters. The quantitative estimate of drug-likeness (QED) is 0.927. The van der Waals surface area contributed by atoms with Gasteiger partial charge in [0.15, 0.2) is 0 Å². The topological polar surface area (TPSA) is 49.4 Å². The molecule has 0 spiro atoms. The standard InChI is InChI=1S/C15H21ClN2O2S/c1-5-10-13(19)17-12(15(2,3)4)14(20)18(10)8-9-6-7-11(16)21-9/h6-7,10,12H,5,8H2,1-4H3,(H,17,19). The summed E-state index contributed by atoms with van der Waals surface area (Å²) in [7, 11) is 0. The van der Waals surface area contributed by atoms with E-state index in [4.69, 9.17) is 11.6 Å². The molecule has 0 aliphatic carbocycles. The second-order valence-electron chi connectivity index (χ2n) is 6.40. The van der Waals surface area contributed by atoms with Crippen molar-refractivity contribution in [3.05, 3.63) is 21.3 Å². The largest absolute Gasteiger partial charge is 0.342 e. The third-order valence-corrected chi connectivity index (χ3v) is 4.92. The Labute approximate surface area is 134 Å². The number of hydrogen-bond acceptors (Lipinski definition) is 3. The Hall–Kier alpha value is -1.07. The normalized spacial score (nSPS) is 23.4. The Kier molecular flexibility index (Phi) is 4.63. The number of halogens is 1. The van der Waals surface area contributed by atoms with Gasteiger partial charge in [0.1, 0.15) is 12.1 Å². The Bertz CT molecular complexity index is 550. The molecule has 1 saturated heterocycles. The number of amides is 2. The molecule has 6 heteroatoms. The predicted molar refractivity (Wildman–Crippen MR) is 85.3 cm³/mol. The zero-order valence-corrected chi connectivity index (χ0v) is 14.3. The van der Waals surface area contributed by atoms with E-state index in [9.17, 15) is 9.59 Å². The van der Waals surface area contributed by atoms with Gasteiger partial charge >= 0.3 is 0 Å². The monoisotopic (exact) mass is 328 g/mol. The van der Waals surface area contributed by atoms with Crippen molar-refractivity contribution >= 4 is 34.8 Å². The second-order valence-corrected chi connectivity index (χ2v) is 8.20. The van der Waals surface area contributed by atoms with E-state index in [1.165, 1.54) is 11.3 Å². The highest BCUT2D eigenvalue weighted by Crippen LogP contribution is 2.29. The van der Waals surface area contributed by atoms with Crippen LogP contribution in [0.4, 0.5) is 0 Å². The molecule has 0 bridgehead atoms. The molecule has 1 fully saturated rings. The van der Waals surface area contributed by atoms with Crippen LogP contribution < -0.4 is 5.32 Å². The lowest BCUT2D eigenvalue weighted by Crippen LogP contribution is -2.66. The van der Waals surface area contributed by atoms with Gasteiger partial charge in [0.2, 0.25) is 11.8 Å². The van der Waals surface area contributed by atoms with Crippen LogP contribution in [0.5, 0.6) is 0 Å². The minimum absolute atomic E-state index is 0.0153. The molecule has 2 rings (SSSR count). The average Bonchev–Trinajstić information content (AvgIpc) is 2.78. The summed E-state index contributed by atoms with van der Waals surface area (Å²) in [6, 6.07) is 2.84. The van der Waals surface area contributed by atoms with Crippen LogP contribution in [0.25, 0.3) is 0 Å². The van der Waals surface area contributed by atoms with E-state index in [0.29, 0.717) is 17.3 Å². The molecule has 116 valence electrons. The molecule has 0 saturated carbocycles. The van der Waals surface area contributed by atoms with E-state index in [1.54, 1.807) is 4.90 Å². The van der Waals surface area contributed by atoms with E-state index >= 15 is 0 Å². The molecule has 1 aromatic rings. The molecule has 21 heavy (non-hydrogen) atoms. The number of nitrogens with zero attached hydrogens (tertiary/aromatic N) is 1. The van der Waals surface area contributed by atoms with Crippen LogP contribution in [-0.2, 0) is 16.1 Å². The van der Waals surface area contributed by atoms with E-state index in [1.807, 2.05) is 39.8 Å². The number of hydrogen-bond donors (Lipinski definition) is 1. The Morgan fingerprint density at radius 2 is 2.00 bits per heavy atom. The minimum atomic E-state index is -0.483. The fourth-order valence-electron chi connectivity index (χ4n) is 2.55. The highest BCUT2D eigenvalue weighted by Gasteiger charge is 2.44. The molecule has 1 N–H and O–H groups in total. The summed E-state index contributed by atoms with van der Waals surface area (Å²) >= 11 is 7.40. The van der Waals surface area contributed by atoms with Gasteiger partial charge in [0.25, 0.3) is 0 Å². The van der Waals surface area contributed by atoms with Crippen LogP contribution in [0.15, 0.2) is 12.1 Å². The molecule has 0 aromatic carbocycles. The zero-order chi connectivity index (χ0) is 15.8. The predicted octanol–water partition coefficient (Wildman–Crippen LogP) is 3.05. The number of thiophene rings is 1. The maximum absolute atomic E-state index is 12.8. The van der Waals surface area contributed by atoms with E-state index in [-0.39, 0.29) is 17.2 Å². The first kappa shape index (κ1) is 16.3. The highest BCUT2D eigenvalue weighted by atomic mass is 35.5. The lowest BCUT2D eigenvalue weighted by atomic mass is 9.83. The second kappa shape index (κ2) is 5.97. The molecule has 4 nitrogen and oxygen atoms in total.